The molecule has 0 radical (unpaired) electrons. The summed E-state index contributed by atoms with van der Waals surface area (Å²) in [5.74, 6) is 0.370. The fourth-order valence-corrected chi connectivity index (χ4v) is 2.34. The van der Waals surface area contributed by atoms with Crippen molar-refractivity contribution < 1.29 is 4.79 Å². The van der Waals surface area contributed by atoms with Gasteiger partial charge in [0.2, 0.25) is 0 Å². The van der Waals surface area contributed by atoms with Gasteiger partial charge in [0.15, 0.2) is 0 Å². The Balaban J connectivity index is 2.85. The van der Waals surface area contributed by atoms with Crippen LogP contribution in [0.3, 0.4) is 0 Å². The number of hydrogen-bond acceptors (Lipinski definition) is 2. The second kappa shape index (κ2) is 6.40. The van der Waals surface area contributed by atoms with Gasteiger partial charge >= 0.3 is 0 Å². The molecule has 1 atom stereocenters. The van der Waals surface area contributed by atoms with Crippen LogP contribution >= 0.6 is 11.6 Å². The number of amides is 1. The molecule has 0 spiro atoms. The number of carbonyl (C=O) groups excluding carboxylic acids is 1. The lowest BCUT2D eigenvalue weighted by molar-refractivity contribution is 0.0898. The molecular formula is C15H23ClN2O. The van der Waals surface area contributed by atoms with Gasteiger partial charge in [-0.05, 0) is 49.9 Å². The first kappa shape index (κ1) is 16.0. The van der Waals surface area contributed by atoms with Gasteiger partial charge in [0.1, 0.15) is 0 Å². The minimum Gasteiger partial charge on any atom is -0.346 e. The Morgan fingerprint density at radius 1 is 1.47 bits per heavy atom. The highest BCUT2D eigenvalue weighted by Gasteiger charge is 2.26. The molecule has 0 aliphatic rings. The molecule has 0 heterocycles. The topological polar surface area (TPSA) is 55.1 Å². The molecule has 1 rings (SSSR count). The molecule has 106 valence electrons. The maximum Gasteiger partial charge on any atom is 0.251 e. The van der Waals surface area contributed by atoms with Crippen molar-refractivity contribution in [2.45, 2.75) is 39.7 Å². The molecule has 1 unspecified atom stereocenters. The lowest BCUT2D eigenvalue weighted by Gasteiger charge is -2.31. The molecule has 0 aromatic heterocycles. The molecule has 4 heteroatoms. The zero-order valence-corrected chi connectivity index (χ0v) is 12.8. The van der Waals surface area contributed by atoms with Crippen molar-refractivity contribution in [3.05, 3.63) is 34.3 Å². The number of aryl methyl sites for hydroxylation is 1. The normalized spacial score (nSPS) is 14.3. The third kappa shape index (κ3) is 4.51. The van der Waals surface area contributed by atoms with Crippen LogP contribution in [-0.4, -0.2) is 18.0 Å². The van der Waals surface area contributed by atoms with Crippen LogP contribution in [0.1, 0.15) is 43.1 Å². The number of halogens is 1. The summed E-state index contributed by atoms with van der Waals surface area (Å²) >= 11 is 5.96. The maximum atomic E-state index is 12.3. The van der Waals surface area contributed by atoms with Crippen LogP contribution in [0.25, 0.3) is 0 Å². The number of benzene rings is 1. The molecule has 1 aromatic carbocycles. The van der Waals surface area contributed by atoms with Crippen molar-refractivity contribution >= 4 is 17.5 Å². The van der Waals surface area contributed by atoms with Gasteiger partial charge in [0.25, 0.3) is 5.91 Å². The minimum absolute atomic E-state index is 0.103. The number of carbonyl (C=O) groups is 1. The molecule has 19 heavy (non-hydrogen) atoms. The van der Waals surface area contributed by atoms with Crippen molar-refractivity contribution in [2.75, 3.05) is 6.54 Å². The number of rotatable bonds is 5. The van der Waals surface area contributed by atoms with Crippen molar-refractivity contribution in [3.63, 3.8) is 0 Å². The van der Waals surface area contributed by atoms with Crippen molar-refractivity contribution in [2.24, 2.45) is 11.7 Å². The number of nitrogens with two attached hydrogens (primary N) is 1. The van der Waals surface area contributed by atoms with E-state index in [1.807, 2.05) is 13.8 Å². The molecule has 0 saturated heterocycles. The van der Waals surface area contributed by atoms with Crippen LogP contribution in [0.15, 0.2) is 18.2 Å². The summed E-state index contributed by atoms with van der Waals surface area (Å²) in [5.41, 5.74) is 6.94. The van der Waals surface area contributed by atoms with E-state index in [-0.39, 0.29) is 11.4 Å². The highest BCUT2D eigenvalue weighted by Crippen LogP contribution is 2.19. The zero-order chi connectivity index (χ0) is 14.6. The average Bonchev–Trinajstić information content (AvgIpc) is 2.31. The van der Waals surface area contributed by atoms with Gasteiger partial charge in [-0.1, -0.05) is 25.4 Å². The molecule has 0 saturated carbocycles. The first-order valence-corrected chi connectivity index (χ1v) is 6.94. The van der Waals surface area contributed by atoms with Gasteiger partial charge in [-0.2, -0.15) is 0 Å². The van der Waals surface area contributed by atoms with Gasteiger partial charge in [-0.25, -0.2) is 0 Å². The summed E-state index contributed by atoms with van der Waals surface area (Å²) in [4.78, 5) is 12.3. The SMILES string of the molecule is Cc1cc(C(=O)NC(C)(CN)CC(C)C)ccc1Cl. The predicted molar refractivity (Wildman–Crippen MR) is 80.6 cm³/mol. The Morgan fingerprint density at radius 3 is 2.58 bits per heavy atom. The predicted octanol–water partition coefficient (Wildman–Crippen LogP) is 3.14. The third-order valence-electron chi connectivity index (χ3n) is 3.14. The Morgan fingerprint density at radius 2 is 2.11 bits per heavy atom. The van der Waals surface area contributed by atoms with Crippen molar-refractivity contribution in [1.82, 2.24) is 5.32 Å². The maximum absolute atomic E-state index is 12.3. The summed E-state index contributed by atoms with van der Waals surface area (Å²) in [7, 11) is 0. The first-order chi connectivity index (χ1) is 8.77. The van der Waals surface area contributed by atoms with Gasteiger partial charge in [-0.15, -0.1) is 0 Å². The monoisotopic (exact) mass is 282 g/mol. The molecule has 1 amide bonds. The van der Waals surface area contributed by atoms with Crippen LogP contribution in [0.2, 0.25) is 5.02 Å². The van der Waals surface area contributed by atoms with E-state index in [1.165, 1.54) is 0 Å². The Bertz CT molecular complexity index is 459. The summed E-state index contributed by atoms with van der Waals surface area (Å²) in [5, 5.41) is 3.70. The Labute approximate surface area is 120 Å². The lowest BCUT2D eigenvalue weighted by atomic mass is 9.90. The fraction of sp³-hybridized carbons (Fsp3) is 0.533. The highest BCUT2D eigenvalue weighted by molar-refractivity contribution is 6.31. The molecule has 0 aliphatic heterocycles. The summed E-state index contributed by atoms with van der Waals surface area (Å²) in [6.07, 6.45) is 0.849. The van der Waals surface area contributed by atoms with Gasteiger partial charge < -0.3 is 11.1 Å². The second-order valence-corrected chi connectivity index (χ2v) is 6.19. The minimum atomic E-state index is -0.376. The largest absolute Gasteiger partial charge is 0.346 e. The molecule has 0 bridgehead atoms. The van der Waals surface area contributed by atoms with E-state index in [0.29, 0.717) is 23.0 Å². The highest BCUT2D eigenvalue weighted by atomic mass is 35.5. The molecule has 0 fully saturated rings. The zero-order valence-electron chi connectivity index (χ0n) is 12.1. The quantitative estimate of drug-likeness (QED) is 0.872. The first-order valence-electron chi connectivity index (χ1n) is 6.56. The summed E-state index contributed by atoms with van der Waals surface area (Å²) < 4.78 is 0. The van der Waals surface area contributed by atoms with Crippen LogP contribution < -0.4 is 11.1 Å². The summed E-state index contributed by atoms with van der Waals surface area (Å²) in [6, 6.07) is 5.27. The lowest BCUT2D eigenvalue weighted by Crippen LogP contribution is -2.52. The average molecular weight is 283 g/mol. The third-order valence-corrected chi connectivity index (χ3v) is 3.57. The summed E-state index contributed by atoms with van der Waals surface area (Å²) in [6.45, 7) is 8.52. The van der Waals surface area contributed by atoms with Gasteiger partial charge in [-0.3, -0.25) is 4.79 Å². The smallest absolute Gasteiger partial charge is 0.251 e. The van der Waals surface area contributed by atoms with E-state index in [9.17, 15) is 4.79 Å². The van der Waals surface area contributed by atoms with E-state index in [4.69, 9.17) is 17.3 Å². The van der Waals surface area contributed by atoms with Crippen LogP contribution in [0.5, 0.6) is 0 Å². The second-order valence-electron chi connectivity index (χ2n) is 5.78. The molecule has 1 aromatic rings. The Hall–Kier alpha value is -1.06. The van der Waals surface area contributed by atoms with Crippen LogP contribution in [0, 0.1) is 12.8 Å². The van der Waals surface area contributed by atoms with E-state index in [1.54, 1.807) is 18.2 Å². The fourth-order valence-electron chi connectivity index (χ4n) is 2.22. The molecule has 3 N–H and O–H groups in total. The molecular weight excluding hydrogens is 260 g/mol. The van der Waals surface area contributed by atoms with Crippen molar-refractivity contribution in [1.29, 1.82) is 0 Å². The van der Waals surface area contributed by atoms with E-state index in [0.717, 1.165) is 12.0 Å². The number of nitrogens with one attached hydrogen (secondary N) is 1. The van der Waals surface area contributed by atoms with Crippen LogP contribution in [-0.2, 0) is 0 Å². The van der Waals surface area contributed by atoms with E-state index < -0.39 is 0 Å². The standard InChI is InChI=1S/C15H23ClN2O/c1-10(2)8-15(4,9-17)18-14(19)12-5-6-13(16)11(3)7-12/h5-7,10H,8-9,17H2,1-4H3,(H,18,19). The van der Waals surface area contributed by atoms with Crippen molar-refractivity contribution in [3.8, 4) is 0 Å². The molecule has 3 nitrogen and oxygen atoms in total. The van der Waals surface area contributed by atoms with Gasteiger partial charge in [0, 0.05) is 22.7 Å². The van der Waals surface area contributed by atoms with E-state index >= 15 is 0 Å². The van der Waals surface area contributed by atoms with Gasteiger partial charge in [0.05, 0.1) is 0 Å². The van der Waals surface area contributed by atoms with E-state index in [2.05, 4.69) is 19.2 Å². The van der Waals surface area contributed by atoms with Crippen LogP contribution in [0.4, 0.5) is 0 Å². The molecule has 0 aliphatic carbocycles. The number of hydrogen-bond donors (Lipinski definition) is 2. The Kier molecular flexibility index (Phi) is 5.39.